The van der Waals surface area contributed by atoms with Crippen LogP contribution >= 0.6 is 0 Å². The van der Waals surface area contributed by atoms with Gasteiger partial charge in [0, 0.05) is 6.04 Å². The van der Waals surface area contributed by atoms with E-state index >= 15 is 0 Å². The predicted octanol–water partition coefficient (Wildman–Crippen LogP) is 2.79. The molecule has 0 saturated heterocycles. The number of carbonyl (C=O) groups is 3. The van der Waals surface area contributed by atoms with Crippen molar-refractivity contribution in [3.05, 3.63) is 29.8 Å². The molecule has 7 heteroatoms. The van der Waals surface area contributed by atoms with Crippen LogP contribution < -0.4 is 15.4 Å². The minimum atomic E-state index is -0.658. The lowest BCUT2D eigenvalue weighted by atomic mass is 9.96. The van der Waals surface area contributed by atoms with Gasteiger partial charge in [0.2, 0.25) is 0 Å². The lowest BCUT2D eigenvalue weighted by molar-refractivity contribution is -0.123. The van der Waals surface area contributed by atoms with Gasteiger partial charge < -0.3 is 14.8 Å². The highest BCUT2D eigenvalue weighted by Gasteiger charge is 2.17. The van der Waals surface area contributed by atoms with E-state index in [1.807, 2.05) is 6.92 Å². The molecule has 0 radical (unpaired) electrons. The first kappa shape index (κ1) is 19.8. The van der Waals surface area contributed by atoms with E-state index in [2.05, 4.69) is 10.6 Å². The molecule has 3 amide bonds. The Kier molecular flexibility index (Phi) is 7.92. The molecule has 1 fully saturated rings. The molecule has 0 aromatic heterocycles. The molecule has 0 aliphatic heterocycles. The number of rotatable bonds is 7. The summed E-state index contributed by atoms with van der Waals surface area (Å²) in [5.41, 5.74) is 0.313. The van der Waals surface area contributed by atoms with Gasteiger partial charge in [-0.2, -0.15) is 0 Å². The Morgan fingerprint density at radius 3 is 2.42 bits per heavy atom. The van der Waals surface area contributed by atoms with Crippen molar-refractivity contribution >= 4 is 17.9 Å². The molecule has 142 valence electrons. The van der Waals surface area contributed by atoms with Crippen molar-refractivity contribution in [1.29, 1.82) is 0 Å². The fourth-order valence-electron chi connectivity index (χ4n) is 2.75. The third-order valence-electron chi connectivity index (χ3n) is 4.09. The van der Waals surface area contributed by atoms with E-state index in [9.17, 15) is 14.4 Å². The molecule has 0 atom stereocenters. The first-order valence-corrected chi connectivity index (χ1v) is 9.09. The van der Waals surface area contributed by atoms with Crippen molar-refractivity contribution < 1.29 is 23.9 Å². The van der Waals surface area contributed by atoms with Crippen LogP contribution in [0.5, 0.6) is 5.75 Å². The standard InChI is InChI=1S/C19H26N2O5/c1-2-12-25-16-10-8-14(9-11-16)18(23)26-13-17(22)21-19(24)20-15-6-4-3-5-7-15/h8-11,15H,2-7,12-13H2,1H3,(H2,20,21,22,24). The molecular weight excluding hydrogens is 336 g/mol. The smallest absolute Gasteiger partial charge is 0.338 e. The minimum absolute atomic E-state index is 0.104. The summed E-state index contributed by atoms with van der Waals surface area (Å²) in [5.74, 6) is -0.620. The molecule has 7 nitrogen and oxygen atoms in total. The molecule has 0 unspecified atom stereocenters. The summed E-state index contributed by atoms with van der Waals surface area (Å²) in [4.78, 5) is 35.4. The van der Waals surface area contributed by atoms with Gasteiger partial charge in [-0.1, -0.05) is 26.2 Å². The van der Waals surface area contributed by atoms with E-state index in [4.69, 9.17) is 9.47 Å². The van der Waals surface area contributed by atoms with Crippen molar-refractivity contribution in [1.82, 2.24) is 10.6 Å². The summed E-state index contributed by atoms with van der Waals surface area (Å²) >= 11 is 0. The maximum absolute atomic E-state index is 11.9. The number of urea groups is 1. The molecule has 1 aliphatic carbocycles. The van der Waals surface area contributed by atoms with E-state index in [1.54, 1.807) is 24.3 Å². The van der Waals surface area contributed by atoms with Gasteiger partial charge in [0.05, 0.1) is 12.2 Å². The van der Waals surface area contributed by atoms with Crippen molar-refractivity contribution in [3.63, 3.8) is 0 Å². The van der Waals surface area contributed by atoms with Crippen LogP contribution in [-0.2, 0) is 9.53 Å². The number of imide groups is 1. The van der Waals surface area contributed by atoms with E-state index < -0.39 is 24.5 Å². The Balaban J connectivity index is 1.70. The molecule has 1 saturated carbocycles. The van der Waals surface area contributed by atoms with Crippen LogP contribution in [0.4, 0.5) is 4.79 Å². The number of amides is 3. The highest BCUT2D eigenvalue weighted by Crippen LogP contribution is 2.17. The Labute approximate surface area is 153 Å². The lowest BCUT2D eigenvalue weighted by Gasteiger charge is -2.22. The number of hydrogen-bond acceptors (Lipinski definition) is 5. The molecule has 2 rings (SSSR count). The van der Waals surface area contributed by atoms with E-state index in [0.717, 1.165) is 32.1 Å². The van der Waals surface area contributed by atoms with Crippen molar-refractivity contribution in [2.75, 3.05) is 13.2 Å². The van der Waals surface area contributed by atoms with Gasteiger partial charge in [-0.3, -0.25) is 10.1 Å². The molecule has 26 heavy (non-hydrogen) atoms. The maximum Gasteiger partial charge on any atom is 0.338 e. The maximum atomic E-state index is 11.9. The largest absolute Gasteiger partial charge is 0.494 e. The quantitative estimate of drug-likeness (QED) is 0.728. The fourth-order valence-corrected chi connectivity index (χ4v) is 2.75. The summed E-state index contributed by atoms with van der Waals surface area (Å²) in [7, 11) is 0. The second-order valence-electron chi connectivity index (χ2n) is 6.31. The number of esters is 1. The van der Waals surface area contributed by atoms with Gasteiger partial charge in [-0.05, 0) is 43.5 Å². The average Bonchev–Trinajstić information content (AvgIpc) is 2.65. The second kappa shape index (κ2) is 10.4. The normalized spacial score (nSPS) is 14.3. The van der Waals surface area contributed by atoms with Gasteiger partial charge >= 0.3 is 12.0 Å². The van der Waals surface area contributed by atoms with Crippen LogP contribution in [-0.4, -0.2) is 37.2 Å². The van der Waals surface area contributed by atoms with Gasteiger partial charge in [0.15, 0.2) is 6.61 Å². The van der Waals surface area contributed by atoms with Crippen LogP contribution in [0.25, 0.3) is 0 Å². The van der Waals surface area contributed by atoms with Crippen LogP contribution in [0.15, 0.2) is 24.3 Å². The van der Waals surface area contributed by atoms with Crippen molar-refractivity contribution in [3.8, 4) is 5.75 Å². The first-order chi connectivity index (χ1) is 12.6. The van der Waals surface area contributed by atoms with Crippen LogP contribution in [0.1, 0.15) is 55.8 Å². The average molecular weight is 362 g/mol. The predicted molar refractivity (Wildman–Crippen MR) is 96.1 cm³/mol. The van der Waals surface area contributed by atoms with Crippen molar-refractivity contribution in [2.45, 2.75) is 51.5 Å². The van der Waals surface area contributed by atoms with E-state index in [0.29, 0.717) is 17.9 Å². The summed E-state index contributed by atoms with van der Waals surface area (Å²) in [6.07, 6.45) is 6.09. The minimum Gasteiger partial charge on any atom is -0.494 e. The molecule has 0 bridgehead atoms. The van der Waals surface area contributed by atoms with E-state index in [-0.39, 0.29) is 6.04 Å². The van der Waals surface area contributed by atoms with Crippen LogP contribution in [0.2, 0.25) is 0 Å². The Bertz CT molecular complexity index is 609. The zero-order valence-electron chi connectivity index (χ0n) is 15.1. The van der Waals surface area contributed by atoms with Gasteiger partial charge in [0.1, 0.15) is 5.75 Å². The van der Waals surface area contributed by atoms with Gasteiger partial charge in [-0.25, -0.2) is 9.59 Å². The highest BCUT2D eigenvalue weighted by molar-refractivity contribution is 5.97. The molecule has 0 spiro atoms. The highest BCUT2D eigenvalue weighted by atomic mass is 16.5. The first-order valence-electron chi connectivity index (χ1n) is 9.09. The SMILES string of the molecule is CCCOc1ccc(C(=O)OCC(=O)NC(=O)NC2CCCCC2)cc1. The Morgan fingerprint density at radius 1 is 1.08 bits per heavy atom. The summed E-state index contributed by atoms with van der Waals surface area (Å²) in [6, 6.07) is 6.04. The van der Waals surface area contributed by atoms with Crippen LogP contribution in [0.3, 0.4) is 0 Å². The fraction of sp³-hybridized carbons (Fsp3) is 0.526. The number of ether oxygens (including phenoxy) is 2. The number of hydrogen-bond donors (Lipinski definition) is 2. The Hall–Kier alpha value is -2.57. The third-order valence-corrected chi connectivity index (χ3v) is 4.09. The molecule has 1 aromatic rings. The van der Waals surface area contributed by atoms with Gasteiger partial charge in [-0.15, -0.1) is 0 Å². The van der Waals surface area contributed by atoms with Gasteiger partial charge in [0.25, 0.3) is 5.91 Å². The molecule has 2 N–H and O–H groups in total. The molecule has 1 aliphatic rings. The Morgan fingerprint density at radius 2 is 1.77 bits per heavy atom. The second-order valence-corrected chi connectivity index (χ2v) is 6.31. The van der Waals surface area contributed by atoms with Crippen molar-refractivity contribution in [2.24, 2.45) is 0 Å². The monoisotopic (exact) mass is 362 g/mol. The summed E-state index contributed by atoms with van der Waals surface area (Å²) < 4.78 is 10.4. The number of carbonyl (C=O) groups excluding carboxylic acids is 3. The van der Waals surface area contributed by atoms with E-state index in [1.165, 1.54) is 6.42 Å². The molecular formula is C19H26N2O5. The zero-order valence-corrected chi connectivity index (χ0v) is 15.1. The van der Waals surface area contributed by atoms with Crippen LogP contribution in [0, 0.1) is 0 Å². The summed E-state index contributed by atoms with van der Waals surface area (Å²) in [6.45, 7) is 2.10. The molecule has 1 aromatic carbocycles. The number of nitrogens with one attached hydrogen (secondary N) is 2. The lowest BCUT2D eigenvalue weighted by Crippen LogP contribution is -2.46. The zero-order chi connectivity index (χ0) is 18.8. The third kappa shape index (κ3) is 6.74. The summed E-state index contributed by atoms with van der Waals surface area (Å²) in [5, 5.41) is 4.95. The number of benzene rings is 1. The molecule has 0 heterocycles. The topological polar surface area (TPSA) is 93.7 Å².